The third-order valence-electron chi connectivity index (χ3n) is 3.87. The van der Waals surface area contributed by atoms with Crippen molar-refractivity contribution in [2.24, 2.45) is 0 Å². The third-order valence-corrected chi connectivity index (χ3v) is 6.17. The average molecular weight is 403 g/mol. The maximum atomic E-state index is 13.3. The van der Waals surface area contributed by atoms with Gasteiger partial charge in [-0.15, -0.1) is 0 Å². The Bertz CT molecular complexity index is 810. The summed E-state index contributed by atoms with van der Waals surface area (Å²) in [7, 11) is -2.00. The molecule has 0 aromatic heterocycles. The lowest BCUT2D eigenvalue weighted by atomic mass is 10.2. The van der Waals surface area contributed by atoms with Gasteiger partial charge in [0.05, 0.1) is 20.3 Å². The summed E-state index contributed by atoms with van der Waals surface area (Å²) >= 11 is 0. The normalized spacial score (nSPS) is 12.7. The van der Waals surface area contributed by atoms with Crippen LogP contribution in [0.3, 0.4) is 0 Å². The van der Waals surface area contributed by atoms with Crippen molar-refractivity contribution in [3.05, 3.63) is 71.8 Å². The second-order valence-corrected chi connectivity index (χ2v) is 7.92. The molecule has 0 fully saturated rings. The monoisotopic (exact) mass is 403 g/mol. The minimum absolute atomic E-state index is 0.207. The first-order chi connectivity index (χ1) is 13.5. The van der Waals surface area contributed by atoms with Crippen molar-refractivity contribution in [2.75, 3.05) is 20.3 Å². The molecule has 0 unspecified atom stereocenters. The number of hydrogen-bond donors (Lipinski definition) is 1. The zero-order valence-corrected chi connectivity index (χ0v) is 17.2. The number of carbonyl (C=O) groups excluding carboxylic acids is 1. The van der Waals surface area contributed by atoms with E-state index in [0.717, 1.165) is 11.3 Å². The molecule has 6 nitrogen and oxygen atoms in total. The largest absolute Gasteiger partial charge is 0.497 e. The van der Waals surface area contributed by atoms with Crippen molar-refractivity contribution in [3.8, 4) is 5.75 Å². The molecule has 7 heteroatoms. The number of rotatable bonds is 10. The van der Waals surface area contributed by atoms with Crippen LogP contribution < -0.4 is 10.1 Å². The molecule has 150 valence electrons. The van der Waals surface area contributed by atoms with Crippen LogP contribution in [-0.4, -0.2) is 26.2 Å². The predicted molar refractivity (Wildman–Crippen MR) is 110 cm³/mol. The van der Waals surface area contributed by atoms with Crippen molar-refractivity contribution in [2.45, 2.75) is 19.6 Å². The van der Waals surface area contributed by atoms with E-state index in [2.05, 4.69) is 5.32 Å². The van der Waals surface area contributed by atoms with Gasteiger partial charge in [-0.3, -0.25) is 9.36 Å². The van der Waals surface area contributed by atoms with Gasteiger partial charge in [0, 0.05) is 6.08 Å². The number of nitrogens with one attached hydrogen (secondary N) is 1. The Labute approximate surface area is 166 Å². The fourth-order valence-electron chi connectivity index (χ4n) is 2.60. The van der Waals surface area contributed by atoms with Gasteiger partial charge in [-0.1, -0.05) is 42.5 Å². The fourth-order valence-corrected chi connectivity index (χ4v) is 4.51. The Hall–Kier alpha value is -2.40. The number of amides is 1. The lowest BCUT2D eigenvalue weighted by molar-refractivity contribution is -0.116. The maximum absolute atomic E-state index is 13.3. The van der Waals surface area contributed by atoms with Crippen LogP contribution in [0.4, 0.5) is 0 Å². The molecule has 1 N–H and O–H groups in total. The lowest BCUT2D eigenvalue weighted by Crippen LogP contribution is -2.28. The summed E-state index contributed by atoms with van der Waals surface area (Å²) in [4.78, 5) is 12.5. The van der Waals surface area contributed by atoms with Crippen molar-refractivity contribution in [1.82, 2.24) is 5.32 Å². The number of methoxy groups -OCH3 is 1. The standard InChI is InChI=1S/C21H26NO5P/c1-4-26-28(24,27-5-2)21(18-9-7-6-8-10-18)22-20(23)16-13-17-11-14-19(25-3)15-12-17/h6-16,21H,4-5H2,1-3H3,(H,22,23)/b16-13+/t21-/m1/s1. The minimum Gasteiger partial charge on any atom is -0.497 e. The van der Waals surface area contributed by atoms with E-state index in [0.29, 0.717) is 5.56 Å². The SMILES string of the molecule is CCOP(=O)(OCC)[C@@H](NC(=O)/C=C/c1ccc(OC)cc1)c1ccccc1. The molecule has 2 rings (SSSR count). The van der Waals surface area contributed by atoms with E-state index in [1.807, 2.05) is 42.5 Å². The molecule has 1 atom stereocenters. The number of benzene rings is 2. The van der Waals surface area contributed by atoms with E-state index in [1.165, 1.54) is 6.08 Å². The number of carbonyl (C=O) groups is 1. The third kappa shape index (κ3) is 6.06. The highest BCUT2D eigenvalue weighted by Gasteiger charge is 2.37. The lowest BCUT2D eigenvalue weighted by Gasteiger charge is -2.27. The Kier molecular flexibility index (Phi) is 8.45. The van der Waals surface area contributed by atoms with E-state index in [-0.39, 0.29) is 13.2 Å². The summed E-state index contributed by atoms with van der Waals surface area (Å²) in [5.41, 5.74) is 1.49. The number of ether oxygens (including phenoxy) is 1. The highest BCUT2D eigenvalue weighted by Crippen LogP contribution is 2.59. The summed E-state index contributed by atoms with van der Waals surface area (Å²) in [5, 5.41) is 2.77. The first-order valence-corrected chi connectivity index (χ1v) is 10.7. The van der Waals surface area contributed by atoms with Crippen molar-refractivity contribution < 1.29 is 23.1 Å². The van der Waals surface area contributed by atoms with Crippen LogP contribution in [0, 0.1) is 0 Å². The minimum atomic E-state index is -3.59. The summed E-state index contributed by atoms with van der Waals surface area (Å²) in [6, 6.07) is 16.3. The van der Waals surface area contributed by atoms with Crippen molar-refractivity contribution >= 4 is 19.6 Å². The molecule has 1 amide bonds. The smallest absolute Gasteiger partial charge is 0.357 e. The predicted octanol–water partition coefficient (Wildman–Crippen LogP) is 4.79. The van der Waals surface area contributed by atoms with Gasteiger partial charge in [0.2, 0.25) is 5.91 Å². The van der Waals surface area contributed by atoms with Crippen molar-refractivity contribution in [1.29, 1.82) is 0 Å². The molecule has 0 saturated heterocycles. The molecule has 0 aliphatic rings. The van der Waals surface area contributed by atoms with E-state index in [1.54, 1.807) is 39.2 Å². The summed E-state index contributed by atoms with van der Waals surface area (Å²) < 4.78 is 29.3. The molecule has 0 spiro atoms. The van der Waals surface area contributed by atoms with E-state index >= 15 is 0 Å². The van der Waals surface area contributed by atoms with Crippen molar-refractivity contribution in [3.63, 3.8) is 0 Å². The van der Waals surface area contributed by atoms with Crippen LogP contribution in [0.2, 0.25) is 0 Å². The quantitative estimate of drug-likeness (QED) is 0.456. The number of hydrogen-bond acceptors (Lipinski definition) is 5. The summed E-state index contributed by atoms with van der Waals surface area (Å²) in [6.07, 6.45) is 3.06. The van der Waals surface area contributed by atoms with Gasteiger partial charge >= 0.3 is 7.60 Å². The second kappa shape index (κ2) is 10.8. The van der Waals surface area contributed by atoms with Gasteiger partial charge in [0.25, 0.3) is 0 Å². The maximum Gasteiger partial charge on any atom is 0.357 e. The molecule has 2 aromatic rings. The molecule has 0 aliphatic heterocycles. The van der Waals surface area contributed by atoms with Crippen LogP contribution in [0.15, 0.2) is 60.7 Å². The molecule has 0 heterocycles. The average Bonchev–Trinajstić information content (AvgIpc) is 2.72. The molecule has 2 aromatic carbocycles. The zero-order valence-electron chi connectivity index (χ0n) is 16.3. The Balaban J connectivity index is 2.22. The van der Waals surface area contributed by atoms with E-state index in [4.69, 9.17) is 13.8 Å². The van der Waals surface area contributed by atoms with Gasteiger partial charge in [-0.2, -0.15) is 0 Å². The first-order valence-electron chi connectivity index (χ1n) is 9.08. The van der Waals surface area contributed by atoms with E-state index in [9.17, 15) is 9.36 Å². The molecule has 0 bridgehead atoms. The van der Waals surface area contributed by atoms with Crippen LogP contribution in [0.1, 0.15) is 30.8 Å². The summed E-state index contributed by atoms with van der Waals surface area (Å²) in [6.45, 7) is 3.88. The topological polar surface area (TPSA) is 73.9 Å². The molecular formula is C21H26NO5P. The summed E-state index contributed by atoms with van der Waals surface area (Å²) in [5.74, 6) is -0.564. The zero-order chi connectivity index (χ0) is 20.4. The van der Waals surface area contributed by atoms with Gasteiger partial charge < -0.3 is 19.1 Å². The van der Waals surface area contributed by atoms with Gasteiger partial charge in [-0.25, -0.2) is 0 Å². The molecule has 0 radical (unpaired) electrons. The van der Waals surface area contributed by atoms with Crippen LogP contribution in [0.25, 0.3) is 6.08 Å². The van der Waals surface area contributed by atoms with Gasteiger partial charge in [-0.05, 0) is 43.2 Å². The Morgan fingerprint density at radius 1 is 1.04 bits per heavy atom. The Morgan fingerprint density at radius 3 is 2.18 bits per heavy atom. The molecule has 28 heavy (non-hydrogen) atoms. The molecule has 0 aliphatic carbocycles. The van der Waals surface area contributed by atoms with Gasteiger partial charge in [0.1, 0.15) is 5.75 Å². The highest BCUT2D eigenvalue weighted by atomic mass is 31.2. The second-order valence-electron chi connectivity index (χ2n) is 5.80. The fraction of sp³-hybridized carbons (Fsp3) is 0.286. The van der Waals surface area contributed by atoms with Crippen LogP contribution in [0.5, 0.6) is 5.75 Å². The van der Waals surface area contributed by atoms with E-state index < -0.39 is 19.3 Å². The van der Waals surface area contributed by atoms with Crippen LogP contribution in [-0.2, 0) is 18.4 Å². The molecular weight excluding hydrogens is 377 g/mol. The highest BCUT2D eigenvalue weighted by molar-refractivity contribution is 7.54. The van der Waals surface area contributed by atoms with Gasteiger partial charge in [0.15, 0.2) is 5.78 Å². The Morgan fingerprint density at radius 2 is 1.64 bits per heavy atom. The first kappa shape index (κ1) is 21.9. The van der Waals surface area contributed by atoms with Crippen LogP contribution >= 0.6 is 7.60 Å². The molecule has 0 saturated carbocycles.